The van der Waals surface area contributed by atoms with Crippen LogP contribution in [0.25, 0.3) is 0 Å². The van der Waals surface area contributed by atoms with Crippen LogP contribution in [-0.4, -0.2) is 16.8 Å². The van der Waals surface area contributed by atoms with Gasteiger partial charge in [-0.25, -0.2) is 16.8 Å². The number of para-hydroxylation sites is 1. The fraction of sp³-hybridized carbons (Fsp3) is 0. The molecule has 5 nitrogen and oxygen atoms in total. The number of benzene rings is 2. The lowest BCUT2D eigenvalue weighted by molar-refractivity contribution is 0.601. The van der Waals surface area contributed by atoms with Crippen LogP contribution in [0.15, 0.2) is 64.4 Å². The zero-order chi connectivity index (χ0) is 14.8. The van der Waals surface area contributed by atoms with E-state index in [9.17, 15) is 16.8 Å². The molecule has 2 aromatic carbocycles. The van der Waals surface area contributed by atoms with E-state index in [1.165, 1.54) is 36.4 Å². The summed E-state index contributed by atoms with van der Waals surface area (Å²) in [5.74, 6) is 0. The van der Waals surface area contributed by atoms with Gasteiger partial charge in [-0.3, -0.25) is 4.72 Å². The lowest BCUT2D eigenvalue weighted by atomic mass is 10.3. The second-order valence-corrected chi connectivity index (χ2v) is 8.07. The third-order valence-corrected chi connectivity index (χ3v) is 5.21. The van der Waals surface area contributed by atoms with Crippen LogP contribution < -0.4 is 4.72 Å². The van der Waals surface area contributed by atoms with Crippen molar-refractivity contribution in [3.05, 3.63) is 54.6 Å². The average Bonchev–Trinajstić information content (AvgIpc) is 2.39. The van der Waals surface area contributed by atoms with Crippen molar-refractivity contribution in [1.82, 2.24) is 0 Å². The molecule has 106 valence electrons. The molecule has 0 saturated heterocycles. The Morgan fingerprint density at radius 2 is 1.35 bits per heavy atom. The van der Waals surface area contributed by atoms with E-state index in [0.29, 0.717) is 0 Å². The summed E-state index contributed by atoms with van der Waals surface area (Å²) in [4.78, 5) is -0.261. The van der Waals surface area contributed by atoms with Crippen LogP contribution in [0.1, 0.15) is 0 Å². The van der Waals surface area contributed by atoms with Crippen molar-refractivity contribution in [2.75, 3.05) is 4.72 Å². The van der Waals surface area contributed by atoms with Crippen molar-refractivity contribution in [2.45, 2.75) is 9.79 Å². The third kappa shape index (κ3) is 3.30. The Labute approximate surface area is 121 Å². The van der Waals surface area contributed by atoms with Crippen LogP contribution >= 0.6 is 10.7 Å². The first-order valence-corrected chi connectivity index (χ1v) is 9.21. The minimum Gasteiger partial charge on any atom is -0.278 e. The molecule has 20 heavy (non-hydrogen) atoms. The van der Waals surface area contributed by atoms with Gasteiger partial charge in [0, 0.05) is 10.7 Å². The molecule has 8 heteroatoms. The maximum atomic E-state index is 12.1. The molecule has 2 rings (SSSR count). The van der Waals surface area contributed by atoms with Gasteiger partial charge in [0.05, 0.1) is 10.6 Å². The second-order valence-electron chi connectivity index (χ2n) is 3.85. The molecule has 0 aliphatic rings. The quantitative estimate of drug-likeness (QED) is 0.872. The van der Waals surface area contributed by atoms with Gasteiger partial charge in [-0.1, -0.05) is 30.3 Å². The minimum atomic E-state index is -4.04. The van der Waals surface area contributed by atoms with Crippen molar-refractivity contribution in [1.29, 1.82) is 0 Å². The highest BCUT2D eigenvalue weighted by Gasteiger charge is 2.20. The molecule has 0 aliphatic carbocycles. The van der Waals surface area contributed by atoms with E-state index < -0.39 is 19.1 Å². The molecule has 0 heterocycles. The SMILES string of the molecule is O=S(=O)(Cl)c1ccccc1NS(=O)(=O)c1ccccc1. The lowest BCUT2D eigenvalue weighted by Gasteiger charge is -2.10. The smallest absolute Gasteiger partial charge is 0.263 e. The van der Waals surface area contributed by atoms with E-state index >= 15 is 0 Å². The van der Waals surface area contributed by atoms with Gasteiger partial charge in [-0.2, -0.15) is 0 Å². The minimum absolute atomic E-state index is 0.0294. The fourth-order valence-electron chi connectivity index (χ4n) is 1.57. The Balaban J connectivity index is 2.46. The molecule has 1 N–H and O–H groups in total. The van der Waals surface area contributed by atoms with E-state index in [4.69, 9.17) is 10.7 Å². The van der Waals surface area contributed by atoms with Crippen molar-refractivity contribution in [3.8, 4) is 0 Å². The van der Waals surface area contributed by atoms with Gasteiger partial charge in [0.1, 0.15) is 4.90 Å². The van der Waals surface area contributed by atoms with E-state index in [2.05, 4.69) is 4.72 Å². The molecule has 0 radical (unpaired) electrons. The van der Waals surface area contributed by atoms with E-state index in [1.54, 1.807) is 18.2 Å². The van der Waals surface area contributed by atoms with E-state index in [1.807, 2.05) is 0 Å². The van der Waals surface area contributed by atoms with Crippen molar-refractivity contribution < 1.29 is 16.8 Å². The molecule has 0 aromatic heterocycles. The lowest BCUT2D eigenvalue weighted by Crippen LogP contribution is -2.14. The molecule has 0 spiro atoms. The van der Waals surface area contributed by atoms with Gasteiger partial charge in [0.25, 0.3) is 19.1 Å². The molecule has 2 aromatic rings. The van der Waals surface area contributed by atoms with Crippen LogP contribution in [-0.2, 0) is 19.1 Å². The van der Waals surface area contributed by atoms with Crippen molar-refractivity contribution in [3.63, 3.8) is 0 Å². The molecule has 0 atom stereocenters. The van der Waals surface area contributed by atoms with Gasteiger partial charge in [-0.15, -0.1) is 0 Å². The highest BCUT2D eigenvalue weighted by Crippen LogP contribution is 2.26. The van der Waals surface area contributed by atoms with Gasteiger partial charge in [0.2, 0.25) is 0 Å². The van der Waals surface area contributed by atoms with E-state index in [-0.39, 0.29) is 15.5 Å². The molecular formula is C12H10ClNO4S2. The van der Waals surface area contributed by atoms with Crippen LogP contribution in [0.5, 0.6) is 0 Å². The van der Waals surface area contributed by atoms with Crippen LogP contribution in [0.4, 0.5) is 5.69 Å². The molecular weight excluding hydrogens is 322 g/mol. The summed E-state index contributed by atoms with van der Waals surface area (Å²) in [5, 5.41) is 0. The summed E-state index contributed by atoms with van der Waals surface area (Å²) < 4.78 is 49.3. The number of nitrogens with one attached hydrogen (secondary N) is 1. The Bertz CT molecular complexity index is 818. The Morgan fingerprint density at radius 1 is 0.800 bits per heavy atom. The summed E-state index contributed by atoms with van der Waals surface area (Å²) in [7, 11) is -2.64. The Hall–Kier alpha value is -1.57. The number of rotatable bonds is 4. The predicted molar refractivity (Wildman–Crippen MR) is 76.7 cm³/mol. The summed E-state index contributed by atoms with van der Waals surface area (Å²) >= 11 is 0. The molecule has 0 aliphatic heterocycles. The maximum absolute atomic E-state index is 12.1. The number of halogens is 1. The maximum Gasteiger partial charge on any atom is 0.263 e. The van der Waals surface area contributed by atoms with Crippen molar-refractivity contribution in [2.24, 2.45) is 0 Å². The highest BCUT2D eigenvalue weighted by molar-refractivity contribution is 8.14. The normalized spacial score (nSPS) is 12.1. The Kier molecular flexibility index (Phi) is 4.03. The van der Waals surface area contributed by atoms with Gasteiger partial charge in [0.15, 0.2) is 0 Å². The highest BCUT2D eigenvalue weighted by atomic mass is 35.7. The van der Waals surface area contributed by atoms with E-state index in [0.717, 1.165) is 0 Å². The molecule has 0 fully saturated rings. The molecule has 0 amide bonds. The number of hydrogen-bond donors (Lipinski definition) is 1. The summed E-state index contributed by atoms with van der Waals surface area (Å²) in [6, 6.07) is 13.1. The monoisotopic (exact) mass is 331 g/mol. The number of sulfonamides is 1. The summed E-state index contributed by atoms with van der Waals surface area (Å²) in [6.07, 6.45) is 0. The van der Waals surface area contributed by atoms with Gasteiger partial charge in [-0.05, 0) is 24.3 Å². The average molecular weight is 332 g/mol. The molecule has 0 saturated carbocycles. The summed E-state index contributed by atoms with van der Waals surface area (Å²) in [5.41, 5.74) is -0.0913. The van der Waals surface area contributed by atoms with Crippen LogP contribution in [0, 0.1) is 0 Å². The summed E-state index contributed by atoms with van der Waals surface area (Å²) in [6.45, 7) is 0. The fourth-order valence-corrected chi connectivity index (χ4v) is 3.76. The van der Waals surface area contributed by atoms with Gasteiger partial charge >= 0.3 is 0 Å². The number of anilines is 1. The first-order chi connectivity index (χ1) is 9.31. The van der Waals surface area contributed by atoms with Crippen LogP contribution in [0.2, 0.25) is 0 Å². The largest absolute Gasteiger partial charge is 0.278 e. The van der Waals surface area contributed by atoms with Crippen molar-refractivity contribution >= 4 is 35.4 Å². The first-order valence-electron chi connectivity index (χ1n) is 5.42. The first kappa shape index (κ1) is 14.8. The molecule has 0 bridgehead atoms. The van der Waals surface area contributed by atoms with Crippen LogP contribution in [0.3, 0.4) is 0 Å². The Morgan fingerprint density at radius 3 is 1.95 bits per heavy atom. The zero-order valence-electron chi connectivity index (χ0n) is 10.0. The van der Waals surface area contributed by atoms with Gasteiger partial charge < -0.3 is 0 Å². The standard InChI is InChI=1S/C12H10ClNO4S2/c13-19(15,16)12-9-5-4-8-11(12)14-20(17,18)10-6-2-1-3-7-10/h1-9,14H. The molecule has 0 unspecified atom stereocenters. The topological polar surface area (TPSA) is 80.3 Å². The third-order valence-electron chi connectivity index (χ3n) is 2.45. The second kappa shape index (κ2) is 5.43. The number of hydrogen-bond acceptors (Lipinski definition) is 4. The zero-order valence-corrected chi connectivity index (χ0v) is 12.4. The predicted octanol–water partition coefficient (Wildman–Crippen LogP) is 2.41.